The molecule has 0 aliphatic heterocycles. The maximum absolute atomic E-state index is 12.5. The molecule has 2 unspecified atom stereocenters. The molecule has 2 atom stereocenters. The molecule has 0 bridgehead atoms. The van der Waals surface area contributed by atoms with Crippen molar-refractivity contribution in [1.29, 1.82) is 0 Å². The Hall–Kier alpha value is -1.50. The van der Waals surface area contributed by atoms with E-state index >= 15 is 0 Å². The summed E-state index contributed by atoms with van der Waals surface area (Å²) in [6, 6.07) is 0. The molecule has 0 aliphatic rings. The van der Waals surface area contributed by atoms with Crippen molar-refractivity contribution >= 4 is 23.9 Å². The number of carbonyl (C=O) groups is 4. The average molecular weight is 1140 g/mol. The van der Waals surface area contributed by atoms with Crippen molar-refractivity contribution in [3.63, 3.8) is 0 Å². The minimum atomic E-state index is -0.959. The molecule has 0 saturated carbocycles. The first-order valence-electron chi connectivity index (χ1n) is 34.0. The van der Waals surface area contributed by atoms with Gasteiger partial charge in [-0.3, -0.25) is 9.59 Å². The Morgan fingerprint density at radius 1 is 0.247 bits per heavy atom. The molecule has 0 saturated heterocycles. The quantitative estimate of drug-likeness (QED) is 0.0334. The average Bonchev–Trinajstić information content (AvgIpc) is 3.40. The zero-order chi connectivity index (χ0) is 55.9. The molecule has 0 heterocycles. The zero-order valence-corrected chi connectivity index (χ0v) is 55.1. The molecule has 0 aromatic rings. The van der Waals surface area contributed by atoms with E-state index in [1.807, 2.05) is 0 Å². The van der Waals surface area contributed by atoms with Crippen LogP contribution in [0.1, 0.15) is 400 Å². The number of rotatable bonds is 62. The normalized spacial score (nSPS) is 11.9. The smallest absolute Gasteiger partial charge is 0.550 e. The van der Waals surface area contributed by atoms with E-state index in [-0.39, 0.29) is 56.5 Å². The van der Waals surface area contributed by atoms with Crippen LogP contribution in [0.5, 0.6) is 0 Å². The van der Waals surface area contributed by atoms with Gasteiger partial charge >= 0.3 is 31.4 Å². The van der Waals surface area contributed by atoms with Crippen LogP contribution < -0.4 is 10.2 Å². The first kappa shape index (κ1) is 79.7. The van der Waals surface area contributed by atoms with Gasteiger partial charge in [-0.05, 0) is 89.9 Å². The number of unbranched alkanes of at least 4 members (excludes halogenated alkanes) is 44. The Morgan fingerprint density at radius 2 is 0.403 bits per heavy atom. The second kappa shape index (κ2) is 68.8. The van der Waals surface area contributed by atoms with Crippen LogP contribution in [-0.2, 0) is 48.1 Å². The molecular formula is C68H130O8Zn. The second-order valence-electron chi connectivity index (χ2n) is 23.4. The van der Waals surface area contributed by atoms with Crippen LogP contribution in [0, 0.1) is 0 Å². The van der Waals surface area contributed by atoms with E-state index in [2.05, 4.69) is 27.7 Å². The molecule has 0 aromatic heterocycles. The van der Waals surface area contributed by atoms with Crippen molar-refractivity contribution in [2.24, 2.45) is 0 Å². The molecule has 0 rings (SSSR count). The maximum Gasteiger partial charge on any atom is 2.00 e. The summed E-state index contributed by atoms with van der Waals surface area (Å²) < 4.78 is 11.8. The summed E-state index contributed by atoms with van der Waals surface area (Å²) in [6.45, 7) is 9.05. The first-order valence-corrected chi connectivity index (χ1v) is 34.0. The van der Waals surface area contributed by atoms with E-state index in [0.717, 1.165) is 103 Å². The molecular weight excluding hydrogens is 1010 g/mol. The summed E-state index contributed by atoms with van der Waals surface area (Å²) in [6.07, 6.45) is 67.1. The Labute approximate surface area is 492 Å². The minimum absolute atomic E-state index is 0. The number of aliphatic carboxylic acids is 2. The van der Waals surface area contributed by atoms with E-state index in [4.69, 9.17) is 9.47 Å². The van der Waals surface area contributed by atoms with E-state index in [0.29, 0.717) is 25.7 Å². The van der Waals surface area contributed by atoms with Gasteiger partial charge in [-0.1, -0.05) is 297 Å². The third-order valence-electron chi connectivity index (χ3n) is 15.6. The number of esters is 2. The molecule has 0 radical (unpaired) electrons. The topological polar surface area (TPSA) is 133 Å². The van der Waals surface area contributed by atoms with Crippen LogP contribution >= 0.6 is 0 Å². The van der Waals surface area contributed by atoms with Gasteiger partial charge in [0.25, 0.3) is 0 Å². The van der Waals surface area contributed by atoms with Gasteiger partial charge < -0.3 is 29.3 Å². The molecule has 0 fully saturated rings. The molecule has 77 heavy (non-hydrogen) atoms. The van der Waals surface area contributed by atoms with Gasteiger partial charge in [0, 0.05) is 24.8 Å². The number of hydrogen-bond donors (Lipinski definition) is 0. The monoisotopic (exact) mass is 1140 g/mol. The summed E-state index contributed by atoms with van der Waals surface area (Å²) in [5.74, 6) is -1.96. The van der Waals surface area contributed by atoms with Crippen LogP contribution in [0.2, 0.25) is 0 Å². The molecule has 0 spiro atoms. The standard InChI is InChI=1S/2C34H66O4.Zn/c2*1-3-5-7-9-11-13-14-15-16-17-19-21-27-31-34(37)38-32(29-25-22-23-26-30-33(35)36)28-24-20-18-12-10-8-6-4-2;/h2*32H,3-31H2,1-2H3,(H,35,36);/q;;+2/p-2. The van der Waals surface area contributed by atoms with E-state index in [1.54, 1.807) is 0 Å². The predicted molar refractivity (Wildman–Crippen MR) is 320 cm³/mol. The van der Waals surface area contributed by atoms with Crippen molar-refractivity contribution < 1.29 is 58.3 Å². The van der Waals surface area contributed by atoms with Gasteiger partial charge in [0.1, 0.15) is 12.2 Å². The third-order valence-corrected chi connectivity index (χ3v) is 15.6. The molecule has 8 nitrogen and oxygen atoms in total. The summed E-state index contributed by atoms with van der Waals surface area (Å²) in [5, 5.41) is 21.1. The van der Waals surface area contributed by atoms with E-state index < -0.39 is 11.9 Å². The van der Waals surface area contributed by atoms with Crippen LogP contribution in [0.3, 0.4) is 0 Å². The van der Waals surface area contributed by atoms with Gasteiger partial charge in [0.2, 0.25) is 0 Å². The van der Waals surface area contributed by atoms with Crippen molar-refractivity contribution in [3.8, 4) is 0 Å². The molecule has 0 aromatic carbocycles. The van der Waals surface area contributed by atoms with Crippen LogP contribution in [-0.4, -0.2) is 36.1 Å². The third kappa shape index (κ3) is 70.6. The van der Waals surface area contributed by atoms with Gasteiger partial charge in [0.15, 0.2) is 0 Å². The summed E-state index contributed by atoms with van der Waals surface area (Å²) >= 11 is 0. The first-order chi connectivity index (χ1) is 37.2. The van der Waals surface area contributed by atoms with E-state index in [1.165, 1.54) is 231 Å². The molecule has 9 heteroatoms. The Morgan fingerprint density at radius 3 is 0.584 bits per heavy atom. The predicted octanol–water partition coefficient (Wildman–Crippen LogP) is 20.0. The zero-order valence-electron chi connectivity index (χ0n) is 52.1. The number of carboxylic acids is 2. The molecule has 0 aliphatic carbocycles. The SMILES string of the molecule is CCCCCCCCCCCCCCCC(=O)OC(CCCCCCCCCC)CCCCCCC(=O)[O-].CCCCCCCCCCCCCCCC(=O)OC(CCCCCCCCCC)CCCCCCC(=O)[O-].[Zn+2]. The molecule has 0 amide bonds. The number of ether oxygens (including phenoxy) is 2. The summed E-state index contributed by atoms with van der Waals surface area (Å²) in [7, 11) is 0. The number of carboxylic acid groups (broad SMARTS) is 2. The van der Waals surface area contributed by atoms with Gasteiger partial charge in [0.05, 0.1) is 0 Å². The fraction of sp³-hybridized carbons (Fsp3) is 0.941. The largest absolute Gasteiger partial charge is 2.00 e. The van der Waals surface area contributed by atoms with Crippen molar-refractivity contribution in [1.82, 2.24) is 0 Å². The van der Waals surface area contributed by atoms with Crippen LogP contribution in [0.4, 0.5) is 0 Å². The summed E-state index contributed by atoms with van der Waals surface area (Å²) in [4.78, 5) is 46.2. The van der Waals surface area contributed by atoms with Crippen LogP contribution in [0.15, 0.2) is 0 Å². The van der Waals surface area contributed by atoms with Crippen molar-refractivity contribution in [3.05, 3.63) is 0 Å². The molecule has 452 valence electrons. The maximum atomic E-state index is 12.5. The Kier molecular flexibility index (Phi) is 71.2. The number of hydrogen-bond acceptors (Lipinski definition) is 8. The fourth-order valence-electron chi connectivity index (χ4n) is 10.6. The van der Waals surface area contributed by atoms with Crippen LogP contribution in [0.25, 0.3) is 0 Å². The van der Waals surface area contributed by atoms with Crippen molar-refractivity contribution in [2.45, 2.75) is 412 Å². The fourth-order valence-corrected chi connectivity index (χ4v) is 10.6. The van der Waals surface area contributed by atoms with Gasteiger partial charge in [-0.25, -0.2) is 0 Å². The Balaban J connectivity index is -0.00000140. The number of carbonyl (C=O) groups excluding carboxylic acids is 4. The minimum Gasteiger partial charge on any atom is -0.550 e. The van der Waals surface area contributed by atoms with Gasteiger partial charge in [-0.15, -0.1) is 0 Å². The van der Waals surface area contributed by atoms with Crippen molar-refractivity contribution in [2.75, 3.05) is 0 Å². The second-order valence-corrected chi connectivity index (χ2v) is 23.4. The van der Waals surface area contributed by atoms with Gasteiger partial charge in [-0.2, -0.15) is 0 Å². The summed E-state index contributed by atoms with van der Waals surface area (Å²) in [5.41, 5.74) is 0. The Bertz CT molecular complexity index is 1110. The van der Waals surface area contributed by atoms with E-state index in [9.17, 15) is 29.4 Å². The molecule has 0 N–H and O–H groups in total.